The largest absolute Gasteiger partial charge is 0.353 e. The number of hydrogen-bond acceptors (Lipinski definition) is 8. The van der Waals surface area contributed by atoms with Crippen molar-refractivity contribution in [3.8, 4) is 0 Å². The third-order valence-corrected chi connectivity index (χ3v) is 7.13. The molecule has 148 valence electrons. The molecule has 0 radical (unpaired) electrons. The number of nitrogens with zero attached hydrogens (tertiary/aromatic N) is 5. The molecule has 28 heavy (non-hydrogen) atoms. The third-order valence-electron chi connectivity index (χ3n) is 4.97. The van der Waals surface area contributed by atoms with Crippen LogP contribution in [-0.2, 0) is 22.8 Å². The van der Waals surface area contributed by atoms with Crippen molar-refractivity contribution in [1.29, 1.82) is 0 Å². The second-order valence-corrected chi connectivity index (χ2v) is 9.96. The zero-order chi connectivity index (χ0) is 19.7. The second-order valence-electron chi connectivity index (χ2n) is 7.00. The van der Waals surface area contributed by atoms with Gasteiger partial charge in [-0.3, -0.25) is 4.90 Å². The minimum Gasteiger partial charge on any atom is -0.353 e. The molecule has 1 aliphatic heterocycles. The summed E-state index contributed by atoms with van der Waals surface area (Å²) in [5, 5.41) is 4.12. The summed E-state index contributed by atoms with van der Waals surface area (Å²) in [6, 6.07) is 5.04. The van der Waals surface area contributed by atoms with Crippen molar-refractivity contribution in [3.63, 3.8) is 0 Å². The van der Waals surface area contributed by atoms with Gasteiger partial charge in [0, 0.05) is 49.7 Å². The van der Waals surface area contributed by atoms with Crippen LogP contribution in [0, 0.1) is 0 Å². The Kier molecular flexibility index (Phi) is 5.31. The van der Waals surface area contributed by atoms with Crippen LogP contribution in [0.2, 0.25) is 0 Å². The molecule has 4 rings (SSSR count). The second kappa shape index (κ2) is 7.73. The number of aromatic nitrogens is 3. The molecule has 0 N–H and O–H groups in total. The van der Waals surface area contributed by atoms with E-state index in [0.29, 0.717) is 4.90 Å². The number of piperazine rings is 1. The Morgan fingerprint density at radius 1 is 1.14 bits per heavy atom. The number of sulfone groups is 1. The summed E-state index contributed by atoms with van der Waals surface area (Å²) in [5.74, 6) is 0.803. The van der Waals surface area contributed by atoms with E-state index in [2.05, 4.69) is 37.1 Å². The van der Waals surface area contributed by atoms with E-state index in [0.717, 1.165) is 61.6 Å². The molecule has 1 aliphatic rings. The van der Waals surface area contributed by atoms with Gasteiger partial charge in [0.2, 0.25) is 0 Å². The highest BCUT2D eigenvalue weighted by Crippen LogP contribution is 2.26. The smallest absolute Gasteiger partial charge is 0.175 e. The number of benzene rings is 1. The maximum absolute atomic E-state index is 11.9. The van der Waals surface area contributed by atoms with Crippen LogP contribution in [0.1, 0.15) is 17.6 Å². The summed E-state index contributed by atoms with van der Waals surface area (Å²) in [7, 11) is -3.27. The molecule has 0 aliphatic carbocycles. The van der Waals surface area contributed by atoms with E-state index >= 15 is 0 Å². The Hall–Kier alpha value is -2.10. The first-order valence-electron chi connectivity index (χ1n) is 9.29. The van der Waals surface area contributed by atoms with Crippen molar-refractivity contribution < 1.29 is 8.42 Å². The molecule has 3 heterocycles. The average Bonchev–Trinajstić information content (AvgIpc) is 3.14. The van der Waals surface area contributed by atoms with Crippen LogP contribution in [0.15, 0.2) is 34.8 Å². The lowest BCUT2D eigenvalue weighted by Gasteiger charge is -2.35. The van der Waals surface area contributed by atoms with Crippen LogP contribution in [0.25, 0.3) is 10.9 Å². The van der Waals surface area contributed by atoms with Gasteiger partial charge in [-0.15, -0.1) is 11.3 Å². The van der Waals surface area contributed by atoms with Gasteiger partial charge in [0.15, 0.2) is 9.84 Å². The number of rotatable bonds is 5. The van der Waals surface area contributed by atoms with E-state index in [4.69, 9.17) is 0 Å². The number of anilines is 1. The molecule has 0 spiro atoms. The summed E-state index contributed by atoms with van der Waals surface area (Å²) < 4.78 is 23.9. The summed E-state index contributed by atoms with van der Waals surface area (Å²) in [6.07, 6.45) is 3.75. The zero-order valence-electron chi connectivity index (χ0n) is 16.0. The van der Waals surface area contributed by atoms with Gasteiger partial charge in [0.05, 0.1) is 21.1 Å². The lowest BCUT2D eigenvalue weighted by Crippen LogP contribution is -2.46. The van der Waals surface area contributed by atoms with E-state index in [1.165, 1.54) is 11.3 Å². The molecule has 7 nitrogen and oxygen atoms in total. The highest BCUT2D eigenvalue weighted by molar-refractivity contribution is 7.90. The van der Waals surface area contributed by atoms with Crippen LogP contribution in [0.4, 0.5) is 5.82 Å². The number of fused-ring (bicyclic) bond motifs is 1. The third kappa shape index (κ3) is 4.01. The van der Waals surface area contributed by atoms with Crippen LogP contribution in [-0.4, -0.2) is 60.7 Å². The molecule has 0 unspecified atom stereocenters. The van der Waals surface area contributed by atoms with Crippen molar-refractivity contribution in [2.75, 3.05) is 37.3 Å². The van der Waals surface area contributed by atoms with Gasteiger partial charge in [-0.05, 0) is 24.6 Å². The maximum atomic E-state index is 11.9. The Morgan fingerprint density at radius 3 is 2.61 bits per heavy atom. The van der Waals surface area contributed by atoms with E-state index in [-0.39, 0.29) is 0 Å². The Labute approximate surface area is 169 Å². The molecule has 0 bridgehead atoms. The lowest BCUT2D eigenvalue weighted by atomic mass is 10.2. The summed E-state index contributed by atoms with van der Waals surface area (Å²) in [5.41, 5.74) is 1.90. The minimum absolute atomic E-state index is 0.296. The summed E-state index contributed by atoms with van der Waals surface area (Å²) >= 11 is 1.73. The van der Waals surface area contributed by atoms with Crippen molar-refractivity contribution >= 4 is 37.9 Å². The monoisotopic (exact) mass is 417 g/mol. The van der Waals surface area contributed by atoms with Crippen molar-refractivity contribution in [1.82, 2.24) is 19.9 Å². The number of aryl methyl sites for hydroxylation is 1. The van der Waals surface area contributed by atoms with Gasteiger partial charge in [0.25, 0.3) is 0 Å². The van der Waals surface area contributed by atoms with Gasteiger partial charge >= 0.3 is 0 Å². The predicted molar refractivity (Wildman–Crippen MR) is 112 cm³/mol. The van der Waals surface area contributed by atoms with E-state index < -0.39 is 9.84 Å². The van der Waals surface area contributed by atoms with Gasteiger partial charge < -0.3 is 4.90 Å². The van der Waals surface area contributed by atoms with E-state index in [9.17, 15) is 8.42 Å². The molecular weight excluding hydrogens is 394 g/mol. The summed E-state index contributed by atoms with van der Waals surface area (Å²) in [4.78, 5) is 18.3. The fourth-order valence-electron chi connectivity index (χ4n) is 3.44. The zero-order valence-corrected chi connectivity index (χ0v) is 17.6. The first-order valence-corrected chi connectivity index (χ1v) is 12.1. The van der Waals surface area contributed by atoms with Gasteiger partial charge in [-0.2, -0.15) is 0 Å². The molecule has 1 saturated heterocycles. The van der Waals surface area contributed by atoms with Crippen molar-refractivity contribution in [3.05, 3.63) is 40.6 Å². The number of thiazole rings is 1. The lowest BCUT2D eigenvalue weighted by molar-refractivity contribution is 0.247. The highest BCUT2D eigenvalue weighted by Gasteiger charge is 2.21. The quantitative estimate of drug-likeness (QED) is 0.630. The number of hydrogen-bond donors (Lipinski definition) is 0. The van der Waals surface area contributed by atoms with Crippen LogP contribution < -0.4 is 4.90 Å². The molecule has 3 aromatic rings. The molecule has 0 saturated carbocycles. The van der Waals surface area contributed by atoms with Crippen LogP contribution in [0.5, 0.6) is 0 Å². The maximum Gasteiger partial charge on any atom is 0.175 e. The van der Waals surface area contributed by atoms with Gasteiger partial charge in [0.1, 0.15) is 12.1 Å². The predicted octanol–water partition coefficient (Wildman–Crippen LogP) is 2.37. The molecule has 0 amide bonds. The molecule has 1 aromatic carbocycles. The molecule has 9 heteroatoms. The van der Waals surface area contributed by atoms with E-state index in [1.807, 2.05) is 0 Å². The Bertz CT molecular complexity index is 1090. The first kappa shape index (κ1) is 19.2. The van der Waals surface area contributed by atoms with Crippen LogP contribution in [0.3, 0.4) is 0 Å². The molecule has 1 fully saturated rings. The van der Waals surface area contributed by atoms with E-state index in [1.54, 1.807) is 35.9 Å². The fourth-order valence-corrected chi connectivity index (χ4v) is 4.82. The van der Waals surface area contributed by atoms with Crippen LogP contribution >= 0.6 is 11.3 Å². The highest BCUT2D eigenvalue weighted by atomic mass is 32.2. The minimum atomic E-state index is -3.27. The Balaban J connectivity index is 1.51. The van der Waals surface area contributed by atoms with Crippen molar-refractivity contribution in [2.24, 2.45) is 0 Å². The van der Waals surface area contributed by atoms with Gasteiger partial charge in [-0.25, -0.2) is 23.4 Å². The topological polar surface area (TPSA) is 79.3 Å². The standard InChI is InChI=1S/C19H23N5O2S2/c1-3-18-22-14(12-27-18)11-23-6-8-24(9-7-23)19-16-10-15(28(2,25)26)4-5-17(16)20-13-21-19/h4-5,10,12-13H,3,6-9,11H2,1-2H3. The fraction of sp³-hybridized carbons (Fsp3) is 0.421. The molecule has 2 aromatic heterocycles. The summed E-state index contributed by atoms with van der Waals surface area (Å²) in [6.45, 7) is 6.49. The molecular formula is C19H23N5O2S2. The Morgan fingerprint density at radius 2 is 1.93 bits per heavy atom. The molecule has 0 atom stereocenters. The SMILES string of the molecule is CCc1nc(CN2CCN(c3ncnc4ccc(S(C)(=O)=O)cc34)CC2)cs1. The van der Waals surface area contributed by atoms with Gasteiger partial charge in [-0.1, -0.05) is 6.92 Å². The van der Waals surface area contributed by atoms with Crippen molar-refractivity contribution in [2.45, 2.75) is 24.8 Å². The average molecular weight is 418 g/mol. The first-order chi connectivity index (χ1) is 13.4. The normalized spacial score (nSPS) is 16.0.